The van der Waals surface area contributed by atoms with Gasteiger partial charge in [-0.3, -0.25) is 0 Å². The van der Waals surface area contributed by atoms with Gasteiger partial charge in [-0.2, -0.15) is 0 Å². The van der Waals surface area contributed by atoms with Crippen LogP contribution in [0.3, 0.4) is 0 Å². The van der Waals surface area contributed by atoms with Gasteiger partial charge in [-0.1, -0.05) is 55.7 Å². The Balaban J connectivity index is 2.12. The Morgan fingerprint density at radius 2 is 1.55 bits per heavy atom. The summed E-state index contributed by atoms with van der Waals surface area (Å²) in [7, 11) is 0. The number of phenols is 1. The first-order valence-corrected chi connectivity index (χ1v) is 8.35. The molecule has 104 valence electrons. The van der Waals surface area contributed by atoms with Crippen LogP contribution in [0.2, 0.25) is 0 Å². The Morgan fingerprint density at radius 3 is 2.20 bits per heavy atom. The first kappa shape index (κ1) is 13.9. The van der Waals surface area contributed by atoms with E-state index in [1.54, 1.807) is 0 Å². The number of hydrogen-bond donors (Lipinski definition) is 1. The van der Waals surface area contributed by atoms with E-state index in [0.29, 0.717) is 5.75 Å². The number of halogens is 1. The second-order valence-corrected chi connectivity index (χ2v) is 6.84. The van der Waals surface area contributed by atoms with Gasteiger partial charge in [-0.25, -0.2) is 0 Å². The molecule has 0 bridgehead atoms. The van der Waals surface area contributed by atoms with Crippen molar-refractivity contribution in [2.75, 3.05) is 0 Å². The maximum absolute atomic E-state index is 9.79. The normalized spacial score (nSPS) is 17.9. The molecule has 0 aliphatic heterocycles. The van der Waals surface area contributed by atoms with Crippen LogP contribution >= 0.6 is 22.6 Å². The van der Waals surface area contributed by atoms with Crippen LogP contribution in [0.4, 0.5) is 0 Å². The quantitative estimate of drug-likeness (QED) is 0.708. The highest BCUT2D eigenvalue weighted by Crippen LogP contribution is 2.45. The molecule has 1 fully saturated rings. The van der Waals surface area contributed by atoms with Gasteiger partial charge < -0.3 is 5.11 Å². The fourth-order valence-electron chi connectivity index (χ4n) is 3.46. The van der Waals surface area contributed by atoms with Gasteiger partial charge >= 0.3 is 0 Å². The third kappa shape index (κ3) is 2.46. The lowest BCUT2D eigenvalue weighted by molar-refractivity contribution is 0.345. The number of hydrogen-bond acceptors (Lipinski definition) is 1. The molecular formula is C18H19IO. The molecule has 1 saturated carbocycles. The zero-order valence-corrected chi connectivity index (χ0v) is 13.6. The van der Waals surface area contributed by atoms with Crippen molar-refractivity contribution < 1.29 is 5.11 Å². The summed E-state index contributed by atoms with van der Waals surface area (Å²) in [6, 6.07) is 17.0. The lowest BCUT2D eigenvalue weighted by Gasteiger charge is -2.38. The van der Waals surface area contributed by atoms with Crippen LogP contribution in [-0.2, 0) is 5.41 Å². The molecule has 0 spiro atoms. The average molecular weight is 378 g/mol. The molecule has 2 aromatic carbocycles. The van der Waals surface area contributed by atoms with E-state index in [4.69, 9.17) is 0 Å². The first-order valence-electron chi connectivity index (χ1n) is 7.27. The molecule has 1 aliphatic carbocycles. The van der Waals surface area contributed by atoms with Gasteiger partial charge in [0.25, 0.3) is 0 Å². The molecule has 1 N–H and O–H groups in total. The number of aromatic hydroxyl groups is 1. The topological polar surface area (TPSA) is 20.2 Å². The summed E-state index contributed by atoms with van der Waals surface area (Å²) in [6.07, 6.45) is 6.32. The van der Waals surface area contributed by atoms with Crippen molar-refractivity contribution in [1.82, 2.24) is 0 Å². The predicted molar refractivity (Wildman–Crippen MR) is 91.1 cm³/mol. The largest absolute Gasteiger partial charge is 0.507 e. The van der Waals surface area contributed by atoms with E-state index in [1.165, 1.54) is 43.2 Å². The van der Waals surface area contributed by atoms with Crippen LogP contribution in [0.25, 0.3) is 0 Å². The molecule has 1 nitrogen and oxygen atoms in total. The molecule has 2 heteroatoms. The van der Waals surface area contributed by atoms with Gasteiger partial charge in [-0.05, 0) is 58.7 Å². The van der Waals surface area contributed by atoms with Crippen LogP contribution in [0.5, 0.6) is 5.75 Å². The van der Waals surface area contributed by atoms with Crippen LogP contribution < -0.4 is 0 Å². The Labute approximate surface area is 134 Å². The van der Waals surface area contributed by atoms with E-state index < -0.39 is 0 Å². The maximum atomic E-state index is 9.79. The summed E-state index contributed by atoms with van der Waals surface area (Å²) in [5.41, 5.74) is 2.90. The van der Waals surface area contributed by atoms with Gasteiger partial charge in [0.1, 0.15) is 5.75 Å². The molecule has 0 saturated heterocycles. The van der Waals surface area contributed by atoms with Gasteiger partial charge in [-0.15, -0.1) is 0 Å². The lowest BCUT2D eigenvalue weighted by Crippen LogP contribution is -2.30. The smallest absolute Gasteiger partial charge is 0.128 e. The second-order valence-electron chi connectivity index (χ2n) is 5.67. The second kappa shape index (κ2) is 5.76. The van der Waals surface area contributed by atoms with E-state index in [-0.39, 0.29) is 5.41 Å². The van der Waals surface area contributed by atoms with E-state index in [9.17, 15) is 5.11 Å². The highest BCUT2D eigenvalue weighted by atomic mass is 127. The number of benzene rings is 2. The standard InChI is InChI=1S/C18H19IO/c19-16-13-15(9-10-17(16)20)18(11-5-2-6-12-18)14-7-3-1-4-8-14/h1,3-4,7-10,13,20H,2,5-6,11-12H2. The number of rotatable bonds is 2. The first-order chi connectivity index (χ1) is 9.72. The molecule has 0 unspecified atom stereocenters. The minimum atomic E-state index is 0.132. The van der Waals surface area contributed by atoms with Crippen LogP contribution in [-0.4, -0.2) is 5.11 Å². The summed E-state index contributed by atoms with van der Waals surface area (Å²) >= 11 is 2.22. The zero-order valence-electron chi connectivity index (χ0n) is 11.5. The highest BCUT2D eigenvalue weighted by molar-refractivity contribution is 14.1. The van der Waals surface area contributed by atoms with Crippen LogP contribution in [0.15, 0.2) is 48.5 Å². The van der Waals surface area contributed by atoms with E-state index in [1.807, 2.05) is 6.07 Å². The average Bonchev–Trinajstić information content (AvgIpc) is 2.51. The molecule has 0 heterocycles. The SMILES string of the molecule is Oc1ccc(C2(c3ccccc3)CCCCC2)cc1I. The summed E-state index contributed by atoms with van der Waals surface area (Å²) < 4.78 is 0.945. The van der Waals surface area contributed by atoms with Crippen molar-refractivity contribution in [1.29, 1.82) is 0 Å². The third-order valence-corrected chi connectivity index (χ3v) is 5.40. The fraction of sp³-hybridized carbons (Fsp3) is 0.333. The molecular weight excluding hydrogens is 359 g/mol. The number of phenolic OH excluding ortho intramolecular Hbond substituents is 1. The lowest BCUT2D eigenvalue weighted by atomic mass is 9.65. The maximum Gasteiger partial charge on any atom is 0.128 e. The minimum Gasteiger partial charge on any atom is -0.507 e. The molecule has 0 amide bonds. The van der Waals surface area contributed by atoms with Gasteiger partial charge in [0.15, 0.2) is 0 Å². The van der Waals surface area contributed by atoms with Crippen molar-refractivity contribution >= 4 is 22.6 Å². The van der Waals surface area contributed by atoms with Gasteiger partial charge in [0.2, 0.25) is 0 Å². The molecule has 1 aliphatic rings. The summed E-state index contributed by atoms with van der Waals surface area (Å²) in [5, 5.41) is 9.79. The molecule has 20 heavy (non-hydrogen) atoms. The monoisotopic (exact) mass is 378 g/mol. The predicted octanol–water partition coefficient (Wildman–Crippen LogP) is 5.25. The van der Waals surface area contributed by atoms with E-state index >= 15 is 0 Å². The van der Waals surface area contributed by atoms with Crippen LogP contribution in [0.1, 0.15) is 43.2 Å². The Bertz CT molecular complexity index is 586. The zero-order chi connectivity index (χ0) is 14.0. The molecule has 0 radical (unpaired) electrons. The summed E-state index contributed by atoms with van der Waals surface area (Å²) in [5.74, 6) is 0.383. The molecule has 0 aromatic heterocycles. The van der Waals surface area contributed by atoms with Crippen molar-refractivity contribution in [3.8, 4) is 5.75 Å². The molecule has 3 rings (SSSR count). The van der Waals surface area contributed by atoms with Crippen molar-refractivity contribution in [3.05, 3.63) is 63.2 Å². The summed E-state index contributed by atoms with van der Waals surface area (Å²) in [4.78, 5) is 0. The Morgan fingerprint density at radius 1 is 0.850 bits per heavy atom. The van der Waals surface area contributed by atoms with Crippen molar-refractivity contribution in [3.63, 3.8) is 0 Å². The van der Waals surface area contributed by atoms with Gasteiger partial charge in [0, 0.05) is 5.41 Å². The minimum absolute atomic E-state index is 0.132. The van der Waals surface area contributed by atoms with Gasteiger partial charge in [0.05, 0.1) is 3.57 Å². The summed E-state index contributed by atoms with van der Waals surface area (Å²) in [6.45, 7) is 0. The van der Waals surface area contributed by atoms with E-state index in [2.05, 4.69) is 65.1 Å². The third-order valence-electron chi connectivity index (χ3n) is 4.53. The van der Waals surface area contributed by atoms with Crippen LogP contribution in [0, 0.1) is 3.57 Å². The Hall–Kier alpha value is -1.03. The highest BCUT2D eigenvalue weighted by Gasteiger charge is 2.35. The van der Waals surface area contributed by atoms with Crippen molar-refractivity contribution in [2.45, 2.75) is 37.5 Å². The van der Waals surface area contributed by atoms with E-state index in [0.717, 1.165) is 3.57 Å². The van der Waals surface area contributed by atoms with Crippen molar-refractivity contribution in [2.24, 2.45) is 0 Å². The molecule has 2 aromatic rings. The molecule has 0 atom stereocenters. The Kier molecular flexibility index (Phi) is 4.01. The fourth-order valence-corrected chi connectivity index (χ4v) is 3.98.